The number of fused-ring (bicyclic) bond motifs is 1. The van der Waals surface area contributed by atoms with Crippen molar-refractivity contribution in [1.29, 1.82) is 0 Å². The predicted molar refractivity (Wildman–Crippen MR) is 83.8 cm³/mol. The zero-order chi connectivity index (χ0) is 13.9. The quantitative estimate of drug-likeness (QED) is 0.862. The highest BCUT2D eigenvalue weighted by Crippen LogP contribution is 2.31. The molecule has 3 rings (SSSR count). The van der Waals surface area contributed by atoms with Gasteiger partial charge < -0.3 is 10.1 Å². The van der Waals surface area contributed by atoms with Gasteiger partial charge in [-0.1, -0.05) is 6.42 Å². The number of benzene rings is 1. The molecule has 20 heavy (non-hydrogen) atoms. The van der Waals surface area contributed by atoms with E-state index in [0.29, 0.717) is 11.3 Å². The Morgan fingerprint density at radius 1 is 1.35 bits per heavy atom. The first-order chi connectivity index (χ1) is 9.78. The summed E-state index contributed by atoms with van der Waals surface area (Å²) in [5, 5.41) is 6.02. The lowest BCUT2D eigenvalue weighted by atomic mass is 10.1. The van der Waals surface area contributed by atoms with Crippen LogP contribution in [0.3, 0.4) is 0 Å². The number of rotatable bonds is 4. The van der Waals surface area contributed by atoms with Gasteiger partial charge in [-0.05, 0) is 48.4 Å². The number of anilines is 1. The summed E-state index contributed by atoms with van der Waals surface area (Å²) < 4.78 is 5.26. The van der Waals surface area contributed by atoms with Crippen LogP contribution in [0.4, 0.5) is 5.82 Å². The Bertz CT molecular complexity index is 602. The van der Waals surface area contributed by atoms with Crippen LogP contribution in [0.25, 0.3) is 10.8 Å². The highest BCUT2D eigenvalue weighted by atomic mass is 35.5. The molecule has 2 atom stereocenters. The second-order valence-corrected chi connectivity index (χ2v) is 5.90. The van der Waals surface area contributed by atoms with Crippen LogP contribution >= 0.6 is 11.6 Å². The van der Waals surface area contributed by atoms with Crippen LogP contribution in [-0.2, 0) is 0 Å². The van der Waals surface area contributed by atoms with Gasteiger partial charge >= 0.3 is 0 Å². The summed E-state index contributed by atoms with van der Waals surface area (Å²) in [6, 6.07) is 8.05. The Kier molecular flexibility index (Phi) is 3.97. The lowest BCUT2D eigenvalue weighted by Gasteiger charge is -2.16. The fraction of sp³-hybridized carbons (Fsp3) is 0.438. The molecule has 2 unspecified atom stereocenters. The van der Waals surface area contributed by atoms with Crippen molar-refractivity contribution in [3.63, 3.8) is 0 Å². The Hall–Kier alpha value is -1.48. The molecule has 0 radical (unpaired) electrons. The lowest BCUT2D eigenvalue weighted by Crippen LogP contribution is -2.18. The molecule has 0 aliphatic heterocycles. The van der Waals surface area contributed by atoms with Crippen LogP contribution in [-0.4, -0.2) is 24.0 Å². The Balaban J connectivity index is 1.80. The fourth-order valence-corrected chi connectivity index (χ4v) is 3.24. The Morgan fingerprint density at radius 3 is 3.00 bits per heavy atom. The second kappa shape index (κ2) is 5.88. The van der Waals surface area contributed by atoms with E-state index in [0.717, 1.165) is 35.3 Å². The molecule has 1 aromatic carbocycles. The van der Waals surface area contributed by atoms with Crippen molar-refractivity contribution in [2.24, 2.45) is 5.92 Å². The van der Waals surface area contributed by atoms with Crippen LogP contribution in [0.15, 0.2) is 30.5 Å². The van der Waals surface area contributed by atoms with Crippen molar-refractivity contribution in [3.05, 3.63) is 30.5 Å². The van der Waals surface area contributed by atoms with Crippen LogP contribution in [0.5, 0.6) is 5.75 Å². The lowest BCUT2D eigenvalue weighted by molar-refractivity contribution is 0.415. The molecule has 0 spiro atoms. The maximum Gasteiger partial charge on any atom is 0.133 e. The third-order valence-electron chi connectivity index (χ3n) is 4.07. The standard InChI is InChI=1S/C16H19ClN2O/c1-20-13-5-6-14-11(9-13)7-8-18-16(14)19-10-12-3-2-4-15(12)17/h5-9,12,15H,2-4,10H2,1H3,(H,18,19). The molecule has 0 saturated heterocycles. The summed E-state index contributed by atoms with van der Waals surface area (Å²) in [5.41, 5.74) is 0. The SMILES string of the molecule is COc1ccc2c(NCC3CCCC3Cl)nccc2c1. The molecule has 2 aromatic rings. The van der Waals surface area contributed by atoms with Gasteiger partial charge in [0.2, 0.25) is 0 Å². The first-order valence-electron chi connectivity index (χ1n) is 7.08. The van der Waals surface area contributed by atoms with Crippen LogP contribution in [0.2, 0.25) is 0 Å². The molecule has 1 aliphatic rings. The number of alkyl halides is 1. The predicted octanol–water partition coefficient (Wildman–Crippen LogP) is 4.06. The molecule has 0 amide bonds. The molecular weight excluding hydrogens is 272 g/mol. The van der Waals surface area contributed by atoms with Gasteiger partial charge in [-0.2, -0.15) is 0 Å². The summed E-state index contributed by atoms with van der Waals surface area (Å²) in [6.07, 6.45) is 5.41. The summed E-state index contributed by atoms with van der Waals surface area (Å²) in [5.74, 6) is 2.35. The number of nitrogens with one attached hydrogen (secondary N) is 1. The average Bonchev–Trinajstić information content (AvgIpc) is 2.89. The zero-order valence-corrected chi connectivity index (χ0v) is 12.4. The monoisotopic (exact) mass is 290 g/mol. The average molecular weight is 291 g/mol. The molecule has 1 aromatic heterocycles. The van der Waals surface area contributed by atoms with Gasteiger partial charge in [-0.15, -0.1) is 11.6 Å². The van der Waals surface area contributed by atoms with Crippen LogP contribution < -0.4 is 10.1 Å². The third kappa shape index (κ3) is 2.68. The Labute approximate surface area is 124 Å². The van der Waals surface area contributed by atoms with Crippen molar-refractivity contribution in [3.8, 4) is 5.75 Å². The number of aromatic nitrogens is 1. The first-order valence-corrected chi connectivity index (χ1v) is 7.52. The van der Waals surface area contributed by atoms with Gasteiger partial charge in [0.05, 0.1) is 7.11 Å². The summed E-state index contributed by atoms with van der Waals surface area (Å²) in [6.45, 7) is 0.895. The van der Waals surface area contributed by atoms with E-state index in [4.69, 9.17) is 16.3 Å². The number of ether oxygens (including phenoxy) is 1. The zero-order valence-electron chi connectivity index (χ0n) is 11.6. The van der Waals surface area contributed by atoms with Crippen molar-refractivity contribution in [2.75, 3.05) is 19.0 Å². The van der Waals surface area contributed by atoms with Gasteiger partial charge in [0.15, 0.2) is 0 Å². The highest BCUT2D eigenvalue weighted by Gasteiger charge is 2.25. The number of methoxy groups -OCH3 is 1. The van der Waals surface area contributed by atoms with Gasteiger partial charge in [-0.25, -0.2) is 4.98 Å². The third-order valence-corrected chi connectivity index (χ3v) is 4.64. The minimum atomic E-state index is 0.303. The van der Waals surface area contributed by atoms with Gasteiger partial charge in [0.25, 0.3) is 0 Å². The van der Waals surface area contributed by atoms with Crippen LogP contribution in [0.1, 0.15) is 19.3 Å². The highest BCUT2D eigenvalue weighted by molar-refractivity contribution is 6.21. The maximum absolute atomic E-state index is 6.33. The van der Waals surface area contributed by atoms with Crippen molar-refractivity contribution in [1.82, 2.24) is 4.98 Å². The minimum absolute atomic E-state index is 0.303. The van der Waals surface area contributed by atoms with Gasteiger partial charge in [0, 0.05) is 23.5 Å². The number of hydrogen-bond acceptors (Lipinski definition) is 3. The van der Waals surface area contributed by atoms with Crippen molar-refractivity contribution < 1.29 is 4.74 Å². The molecule has 1 aliphatic carbocycles. The van der Waals surface area contributed by atoms with Crippen molar-refractivity contribution in [2.45, 2.75) is 24.6 Å². The molecule has 1 fully saturated rings. The van der Waals surface area contributed by atoms with E-state index in [-0.39, 0.29) is 0 Å². The molecule has 1 N–H and O–H groups in total. The van der Waals surface area contributed by atoms with E-state index < -0.39 is 0 Å². The Morgan fingerprint density at radius 2 is 2.25 bits per heavy atom. The number of hydrogen-bond donors (Lipinski definition) is 1. The van der Waals surface area contributed by atoms with E-state index >= 15 is 0 Å². The summed E-state index contributed by atoms with van der Waals surface area (Å²) in [7, 11) is 1.68. The summed E-state index contributed by atoms with van der Waals surface area (Å²) >= 11 is 6.33. The normalized spacial score (nSPS) is 22.1. The molecular formula is C16H19ClN2O. The maximum atomic E-state index is 6.33. The van der Waals surface area contributed by atoms with E-state index in [1.165, 1.54) is 12.8 Å². The number of halogens is 1. The number of nitrogens with zero attached hydrogens (tertiary/aromatic N) is 1. The number of pyridine rings is 1. The van der Waals surface area contributed by atoms with Gasteiger partial charge in [0.1, 0.15) is 11.6 Å². The van der Waals surface area contributed by atoms with E-state index in [1.807, 2.05) is 24.4 Å². The fourth-order valence-electron chi connectivity index (χ4n) is 2.87. The summed E-state index contributed by atoms with van der Waals surface area (Å²) in [4.78, 5) is 4.45. The largest absolute Gasteiger partial charge is 0.497 e. The van der Waals surface area contributed by atoms with E-state index in [2.05, 4.69) is 16.4 Å². The molecule has 0 bridgehead atoms. The molecule has 106 valence electrons. The molecule has 1 saturated carbocycles. The topological polar surface area (TPSA) is 34.1 Å². The molecule has 3 nitrogen and oxygen atoms in total. The van der Waals surface area contributed by atoms with Crippen molar-refractivity contribution >= 4 is 28.2 Å². The van der Waals surface area contributed by atoms with Gasteiger partial charge in [-0.3, -0.25) is 0 Å². The smallest absolute Gasteiger partial charge is 0.133 e. The van der Waals surface area contributed by atoms with E-state index in [9.17, 15) is 0 Å². The second-order valence-electron chi connectivity index (χ2n) is 5.33. The molecule has 1 heterocycles. The first kappa shape index (κ1) is 13.5. The molecule has 4 heteroatoms. The van der Waals surface area contributed by atoms with Crippen LogP contribution in [0, 0.1) is 5.92 Å². The van der Waals surface area contributed by atoms with E-state index in [1.54, 1.807) is 7.11 Å². The minimum Gasteiger partial charge on any atom is -0.497 e.